The molecular weight excluding hydrogens is 612 g/mol. The average Bonchev–Trinajstić information content (AvgIpc) is 3.31. The van der Waals surface area contributed by atoms with Crippen molar-refractivity contribution in [1.29, 1.82) is 0 Å². The fourth-order valence-electron chi connectivity index (χ4n) is 4.48. The Bertz CT molecular complexity index is 2000. The molecule has 1 N–H and O–H groups in total. The van der Waals surface area contributed by atoms with Gasteiger partial charge < -0.3 is 4.98 Å². The second-order valence-electron chi connectivity index (χ2n) is 8.39. The summed E-state index contributed by atoms with van der Waals surface area (Å²) in [6, 6.07) is 20.8. The van der Waals surface area contributed by atoms with E-state index in [-0.39, 0.29) is 5.69 Å². The molecule has 0 saturated heterocycles. The number of nitrogens with zero attached hydrogens (tertiary/aromatic N) is 5. The van der Waals surface area contributed by atoms with Gasteiger partial charge in [0.05, 0.1) is 27.0 Å². The number of pyridine rings is 4. The van der Waals surface area contributed by atoms with Crippen LogP contribution in [0.5, 0.6) is 0 Å². The first-order valence-corrected chi connectivity index (χ1v) is 13.0. The number of aromatic nitrogens is 5. The quantitative estimate of drug-likeness (QED) is 0.154. The highest BCUT2D eigenvalue weighted by atomic mass is 79.9. The molecule has 10 heteroatoms. The van der Waals surface area contributed by atoms with Crippen LogP contribution in [0.3, 0.4) is 0 Å². The highest BCUT2D eigenvalue weighted by Crippen LogP contribution is 2.34. The molecule has 0 unspecified atom stereocenters. The Morgan fingerprint density at radius 2 is 1.45 bits per heavy atom. The number of fused-ring (bicyclic) bond motifs is 6. The molecule has 5 aromatic heterocycles. The van der Waals surface area contributed by atoms with Gasteiger partial charge in [0, 0.05) is 67.0 Å². The van der Waals surface area contributed by atoms with E-state index in [9.17, 15) is 10.1 Å². The molecule has 0 radical (unpaired) electrons. The van der Waals surface area contributed by atoms with Gasteiger partial charge in [-0.3, -0.25) is 25.1 Å². The third kappa shape index (κ3) is 4.37. The normalized spacial score (nSPS) is 11.1. The maximum Gasteiger partial charge on any atom is 0.296 e. The van der Waals surface area contributed by atoms with Gasteiger partial charge in [-0.2, -0.15) is 0 Å². The molecule has 0 fully saturated rings. The van der Waals surface area contributed by atoms with E-state index in [4.69, 9.17) is 0 Å². The van der Waals surface area contributed by atoms with Crippen LogP contribution < -0.4 is 0 Å². The summed E-state index contributed by atoms with van der Waals surface area (Å²) in [7, 11) is 0. The Kier molecular flexibility index (Phi) is 6.26. The number of hydrogen-bond donors (Lipinski definition) is 1. The molecule has 0 spiro atoms. The van der Waals surface area contributed by atoms with Crippen molar-refractivity contribution in [3.05, 3.63) is 111 Å². The van der Waals surface area contributed by atoms with Crippen molar-refractivity contribution in [3.8, 4) is 11.3 Å². The van der Waals surface area contributed by atoms with Gasteiger partial charge in [-0.25, -0.2) is 4.98 Å². The average molecular weight is 628 g/mol. The third-order valence-corrected chi connectivity index (χ3v) is 6.94. The zero-order valence-corrected chi connectivity index (χ0v) is 22.6. The van der Waals surface area contributed by atoms with Gasteiger partial charge in [-0.1, -0.05) is 24.3 Å². The molecule has 7 aromatic rings. The van der Waals surface area contributed by atoms with Crippen LogP contribution >= 0.6 is 31.9 Å². The maximum atomic E-state index is 11.2. The second kappa shape index (κ2) is 9.88. The van der Waals surface area contributed by atoms with Gasteiger partial charge in [0.25, 0.3) is 5.69 Å². The summed E-state index contributed by atoms with van der Waals surface area (Å²) < 4.78 is 1.55. The molecule has 2 aromatic carbocycles. The van der Waals surface area contributed by atoms with Crippen LogP contribution in [0.4, 0.5) is 5.69 Å². The van der Waals surface area contributed by atoms with E-state index in [1.807, 2.05) is 54.9 Å². The molecule has 0 aliphatic carbocycles. The molecule has 0 aliphatic rings. The Morgan fingerprint density at radius 3 is 2.24 bits per heavy atom. The predicted octanol–water partition coefficient (Wildman–Crippen LogP) is 7.99. The topological polar surface area (TPSA) is 110 Å². The van der Waals surface area contributed by atoms with E-state index < -0.39 is 4.92 Å². The highest BCUT2D eigenvalue weighted by Gasteiger charge is 2.19. The Morgan fingerprint density at radius 1 is 0.737 bits per heavy atom. The minimum atomic E-state index is -0.428. The summed E-state index contributed by atoms with van der Waals surface area (Å²) in [6.07, 6.45) is 6.88. The van der Waals surface area contributed by atoms with Gasteiger partial charge in [0.1, 0.15) is 5.69 Å². The number of benzene rings is 2. The van der Waals surface area contributed by atoms with Crippen LogP contribution in [0.15, 0.2) is 100 Å². The molecule has 0 saturated carbocycles. The minimum absolute atomic E-state index is 0.0317. The molecule has 38 heavy (non-hydrogen) atoms. The number of hydrogen-bond acceptors (Lipinski definition) is 6. The third-order valence-electron chi connectivity index (χ3n) is 6.08. The number of rotatable bonds is 2. The summed E-state index contributed by atoms with van der Waals surface area (Å²) in [6.45, 7) is 0. The molecule has 5 heterocycles. The number of halogens is 2. The predicted molar refractivity (Wildman–Crippen MR) is 156 cm³/mol. The second-order valence-corrected chi connectivity index (χ2v) is 10.2. The Labute approximate surface area is 232 Å². The van der Waals surface area contributed by atoms with E-state index in [0.29, 0.717) is 15.7 Å². The molecule has 0 amide bonds. The van der Waals surface area contributed by atoms with Crippen LogP contribution in [0.2, 0.25) is 0 Å². The largest absolute Gasteiger partial charge is 0.353 e. The van der Waals surface area contributed by atoms with E-state index in [1.165, 1.54) is 6.07 Å². The number of H-pyrrole nitrogens is 1. The van der Waals surface area contributed by atoms with Crippen molar-refractivity contribution in [3.63, 3.8) is 0 Å². The molecule has 7 rings (SSSR count). The highest BCUT2D eigenvalue weighted by molar-refractivity contribution is 9.10. The lowest BCUT2D eigenvalue weighted by Crippen LogP contribution is -1.95. The van der Waals surface area contributed by atoms with Gasteiger partial charge in [-0.15, -0.1) is 0 Å². The Hall–Kier alpha value is -4.28. The number of nitro groups is 1. The number of aromatic amines is 1. The van der Waals surface area contributed by atoms with Gasteiger partial charge in [0.2, 0.25) is 0 Å². The molecule has 0 bridgehead atoms. The van der Waals surface area contributed by atoms with E-state index in [2.05, 4.69) is 68.9 Å². The first-order chi connectivity index (χ1) is 18.5. The van der Waals surface area contributed by atoms with Gasteiger partial charge in [0.15, 0.2) is 0 Å². The smallest absolute Gasteiger partial charge is 0.296 e. The zero-order chi connectivity index (χ0) is 26.2. The van der Waals surface area contributed by atoms with E-state index >= 15 is 0 Å². The van der Waals surface area contributed by atoms with Gasteiger partial charge in [-0.05, 0) is 68.3 Å². The van der Waals surface area contributed by atoms with Gasteiger partial charge >= 0.3 is 0 Å². The van der Waals surface area contributed by atoms with Crippen LogP contribution in [0.1, 0.15) is 0 Å². The first-order valence-electron chi connectivity index (χ1n) is 11.4. The zero-order valence-electron chi connectivity index (χ0n) is 19.5. The SMILES string of the molecule is Brc1cnc2c(c1)[nH]c1ccc3ncccc3c12.O=[N+]([O-])c1cc(Br)cnc1-c1cccc2ncccc12. The summed E-state index contributed by atoms with van der Waals surface area (Å²) in [5.41, 5.74) is 5.92. The van der Waals surface area contributed by atoms with Crippen molar-refractivity contribution in [1.82, 2.24) is 24.9 Å². The summed E-state index contributed by atoms with van der Waals surface area (Å²) in [5.74, 6) is 0. The standard InChI is InChI=1S/C14H8BrN3O2.C14H8BrN3/c15-9-7-13(18(19)20)14(17-8-9)11-3-1-5-12-10(11)4-2-6-16-12;15-8-6-12-14(17-7-8)13-9-2-1-5-16-10(9)3-4-11(13)18-12/h1-8H;1-7,18H. The van der Waals surface area contributed by atoms with Crippen molar-refractivity contribution in [2.75, 3.05) is 0 Å². The molecule has 8 nitrogen and oxygen atoms in total. The van der Waals surface area contributed by atoms with E-state index in [1.54, 1.807) is 18.5 Å². The van der Waals surface area contributed by atoms with Crippen molar-refractivity contribution < 1.29 is 4.92 Å². The fraction of sp³-hybridized carbons (Fsp3) is 0. The summed E-state index contributed by atoms with van der Waals surface area (Å²) in [4.78, 5) is 31.5. The fourth-order valence-corrected chi connectivity index (χ4v) is 5.13. The van der Waals surface area contributed by atoms with Crippen LogP contribution in [0.25, 0.3) is 55.0 Å². The summed E-state index contributed by atoms with van der Waals surface area (Å²) in [5, 5.41) is 14.3. The maximum absolute atomic E-state index is 11.2. The number of nitrogens with one attached hydrogen (secondary N) is 1. The van der Waals surface area contributed by atoms with Crippen LogP contribution in [0, 0.1) is 10.1 Å². The first kappa shape index (κ1) is 24.1. The van der Waals surface area contributed by atoms with Crippen molar-refractivity contribution in [2.45, 2.75) is 0 Å². The molecule has 0 aliphatic heterocycles. The lowest BCUT2D eigenvalue weighted by atomic mass is 10.0. The van der Waals surface area contributed by atoms with Crippen molar-refractivity contribution in [2.24, 2.45) is 0 Å². The lowest BCUT2D eigenvalue weighted by Gasteiger charge is -2.06. The van der Waals surface area contributed by atoms with Crippen LogP contribution in [-0.4, -0.2) is 29.8 Å². The summed E-state index contributed by atoms with van der Waals surface area (Å²) >= 11 is 6.65. The van der Waals surface area contributed by atoms with E-state index in [0.717, 1.165) is 48.2 Å². The van der Waals surface area contributed by atoms with Crippen LogP contribution in [-0.2, 0) is 0 Å². The van der Waals surface area contributed by atoms with Crippen molar-refractivity contribution >= 4 is 81.3 Å². The minimum Gasteiger partial charge on any atom is -0.353 e. The molecular formula is C28H16Br2N6O2. The Balaban J connectivity index is 0.000000140. The lowest BCUT2D eigenvalue weighted by molar-refractivity contribution is -0.384. The molecule has 184 valence electrons. The molecule has 0 atom stereocenters. The monoisotopic (exact) mass is 626 g/mol.